The van der Waals surface area contributed by atoms with Gasteiger partial charge in [-0.15, -0.1) is 0 Å². The third-order valence-electron chi connectivity index (χ3n) is 6.29. The molecule has 0 aliphatic heterocycles. The first-order valence-corrected chi connectivity index (χ1v) is 11.3. The second-order valence-corrected chi connectivity index (χ2v) is 8.90. The molecule has 0 bridgehead atoms. The summed E-state index contributed by atoms with van der Waals surface area (Å²) in [6.07, 6.45) is 1.85. The molecule has 1 fully saturated rings. The number of benzene rings is 3. The maximum atomic E-state index is 13.7. The molecule has 0 saturated heterocycles. The Morgan fingerprint density at radius 3 is 2.50 bits per heavy atom. The maximum absolute atomic E-state index is 13.7. The molecule has 1 atom stereocenters. The van der Waals surface area contributed by atoms with Crippen molar-refractivity contribution in [3.05, 3.63) is 99.0 Å². The van der Waals surface area contributed by atoms with Crippen molar-refractivity contribution in [1.29, 1.82) is 0 Å². The number of fused-ring (bicyclic) bond motifs is 1. The van der Waals surface area contributed by atoms with E-state index in [9.17, 15) is 19.1 Å². The van der Waals surface area contributed by atoms with Crippen LogP contribution < -0.4 is 10.7 Å². The van der Waals surface area contributed by atoms with E-state index in [1.54, 1.807) is 36.4 Å². The van der Waals surface area contributed by atoms with E-state index in [0.29, 0.717) is 33.5 Å². The summed E-state index contributed by atoms with van der Waals surface area (Å²) in [6.45, 7) is 3.82. The standard InChI is InChI=1S/C28H24FNO4/c1-15-13-21(16(2)30-23-6-4-3-5-20(23)28(32)33)27-22(14-15)25(31)24(17-7-8-17)26(34-27)18-9-11-19(29)12-10-18/h3-6,9-14,16-17,30H,7-8H2,1-2H3,(H,32,33). The van der Waals surface area contributed by atoms with Crippen LogP contribution in [-0.2, 0) is 0 Å². The van der Waals surface area contributed by atoms with E-state index < -0.39 is 5.97 Å². The van der Waals surface area contributed by atoms with Gasteiger partial charge in [-0.1, -0.05) is 18.2 Å². The van der Waals surface area contributed by atoms with Crippen LogP contribution in [0, 0.1) is 12.7 Å². The van der Waals surface area contributed by atoms with Gasteiger partial charge in [0.25, 0.3) is 0 Å². The first kappa shape index (κ1) is 21.9. The second kappa shape index (κ2) is 8.45. The molecule has 1 saturated carbocycles. The van der Waals surface area contributed by atoms with Gasteiger partial charge in [-0.2, -0.15) is 0 Å². The Morgan fingerprint density at radius 2 is 1.82 bits per heavy atom. The molecule has 4 aromatic rings. The zero-order chi connectivity index (χ0) is 24.0. The van der Waals surface area contributed by atoms with Crippen LogP contribution in [0.5, 0.6) is 0 Å². The number of nitrogens with one attached hydrogen (secondary N) is 1. The first-order chi connectivity index (χ1) is 16.3. The van der Waals surface area contributed by atoms with Gasteiger partial charge in [-0.25, -0.2) is 9.18 Å². The number of hydrogen-bond donors (Lipinski definition) is 2. The summed E-state index contributed by atoms with van der Waals surface area (Å²) >= 11 is 0. The summed E-state index contributed by atoms with van der Waals surface area (Å²) in [5.41, 5.74) is 3.99. The van der Waals surface area contributed by atoms with Crippen molar-refractivity contribution in [3.8, 4) is 11.3 Å². The Bertz CT molecular complexity index is 1470. The summed E-state index contributed by atoms with van der Waals surface area (Å²) in [7, 11) is 0. The molecule has 172 valence electrons. The van der Waals surface area contributed by atoms with Crippen LogP contribution in [-0.4, -0.2) is 11.1 Å². The Balaban J connectivity index is 1.69. The van der Waals surface area contributed by atoms with Crippen molar-refractivity contribution >= 4 is 22.6 Å². The van der Waals surface area contributed by atoms with Crippen molar-refractivity contribution < 1.29 is 18.7 Å². The highest BCUT2D eigenvalue weighted by atomic mass is 19.1. The second-order valence-electron chi connectivity index (χ2n) is 8.90. The first-order valence-electron chi connectivity index (χ1n) is 11.3. The largest absolute Gasteiger partial charge is 0.478 e. The molecule has 1 unspecified atom stereocenters. The third kappa shape index (κ3) is 3.96. The molecule has 5 rings (SSSR count). The summed E-state index contributed by atoms with van der Waals surface area (Å²) in [5.74, 6) is -0.763. The molecule has 0 amide bonds. The lowest BCUT2D eigenvalue weighted by molar-refractivity contribution is 0.0698. The zero-order valence-electron chi connectivity index (χ0n) is 18.9. The monoisotopic (exact) mass is 457 g/mol. The number of aromatic carboxylic acids is 1. The van der Waals surface area contributed by atoms with Crippen LogP contribution in [0.1, 0.15) is 58.8 Å². The highest BCUT2D eigenvalue weighted by Crippen LogP contribution is 2.44. The number of carboxylic acids is 1. The molecule has 1 heterocycles. The number of halogens is 1. The van der Waals surface area contributed by atoms with E-state index >= 15 is 0 Å². The molecule has 1 aliphatic rings. The Kier molecular flexibility index (Phi) is 5.44. The van der Waals surface area contributed by atoms with Crippen LogP contribution >= 0.6 is 0 Å². The van der Waals surface area contributed by atoms with Crippen LogP contribution in [0.4, 0.5) is 10.1 Å². The van der Waals surface area contributed by atoms with E-state index in [2.05, 4.69) is 5.32 Å². The lowest BCUT2D eigenvalue weighted by Crippen LogP contribution is -2.15. The number of hydrogen-bond acceptors (Lipinski definition) is 4. The topological polar surface area (TPSA) is 79.5 Å². The predicted molar refractivity (Wildman–Crippen MR) is 130 cm³/mol. The number of carboxylic acid groups (broad SMARTS) is 1. The number of aryl methyl sites for hydroxylation is 1. The number of anilines is 1. The molecule has 6 heteroatoms. The van der Waals surface area contributed by atoms with E-state index in [1.807, 2.05) is 26.0 Å². The van der Waals surface area contributed by atoms with Crippen LogP contribution in [0.25, 0.3) is 22.3 Å². The van der Waals surface area contributed by atoms with Gasteiger partial charge in [0.15, 0.2) is 5.43 Å². The maximum Gasteiger partial charge on any atom is 0.337 e. The highest BCUT2D eigenvalue weighted by Gasteiger charge is 2.32. The molecule has 0 spiro atoms. The third-order valence-corrected chi connectivity index (χ3v) is 6.29. The summed E-state index contributed by atoms with van der Waals surface area (Å²) < 4.78 is 20.0. The molecular formula is C28H24FNO4. The summed E-state index contributed by atoms with van der Waals surface area (Å²) in [4.78, 5) is 25.3. The molecule has 3 aromatic carbocycles. The smallest absolute Gasteiger partial charge is 0.337 e. The van der Waals surface area contributed by atoms with E-state index in [-0.39, 0.29) is 28.8 Å². The van der Waals surface area contributed by atoms with Crippen molar-refractivity contribution in [3.63, 3.8) is 0 Å². The minimum Gasteiger partial charge on any atom is -0.478 e. The summed E-state index contributed by atoms with van der Waals surface area (Å²) in [6, 6.07) is 16.1. The fourth-order valence-corrected chi connectivity index (χ4v) is 4.48. The van der Waals surface area contributed by atoms with Gasteiger partial charge in [0.1, 0.15) is 17.2 Å². The van der Waals surface area contributed by atoms with Crippen LogP contribution in [0.3, 0.4) is 0 Å². The molecule has 1 aliphatic carbocycles. The van der Waals surface area contributed by atoms with Gasteiger partial charge in [0.2, 0.25) is 0 Å². The van der Waals surface area contributed by atoms with Crippen molar-refractivity contribution in [2.75, 3.05) is 5.32 Å². The Hall–Kier alpha value is -3.93. The Morgan fingerprint density at radius 1 is 1.12 bits per heavy atom. The normalized spacial score (nSPS) is 14.2. The molecule has 2 N–H and O–H groups in total. The number of carbonyl (C=O) groups is 1. The number of rotatable bonds is 6. The van der Waals surface area contributed by atoms with Gasteiger partial charge in [-0.05, 0) is 80.6 Å². The molecule has 1 aromatic heterocycles. The minimum atomic E-state index is -1.02. The van der Waals surface area contributed by atoms with Gasteiger partial charge in [0.05, 0.1) is 17.0 Å². The average molecular weight is 458 g/mol. The quantitative estimate of drug-likeness (QED) is 0.339. The molecule has 5 nitrogen and oxygen atoms in total. The Labute approximate surface area is 195 Å². The fourth-order valence-electron chi connectivity index (χ4n) is 4.48. The SMILES string of the molecule is Cc1cc(C(C)Nc2ccccc2C(=O)O)c2oc(-c3ccc(F)cc3)c(C3CC3)c(=O)c2c1. The molecular weight excluding hydrogens is 433 g/mol. The average Bonchev–Trinajstić information content (AvgIpc) is 3.65. The fraction of sp³-hybridized carbons (Fsp3) is 0.214. The lowest BCUT2D eigenvalue weighted by Gasteiger charge is -2.20. The van der Waals surface area contributed by atoms with Crippen LogP contribution in [0.15, 0.2) is 69.9 Å². The predicted octanol–water partition coefficient (Wildman–Crippen LogP) is 6.66. The van der Waals surface area contributed by atoms with Gasteiger partial charge in [-0.3, -0.25) is 4.79 Å². The highest BCUT2D eigenvalue weighted by molar-refractivity contribution is 5.94. The van der Waals surface area contributed by atoms with E-state index in [4.69, 9.17) is 4.42 Å². The van der Waals surface area contributed by atoms with E-state index in [0.717, 1.165) is 24.0 Å². The number of para-hydroxylation sites is 1. The van der Waals surface area contributed by atoms with Gasteiger partial charge in [0, 0.05) is 22.4 Å². The minimum absolute atomic E-state index is 0.0637. The summed E-state index contributed by atoms with van der Waals surface area (Å²) in [5, 5.41) is 13.3. The van der Waals surface area contributed by atoms with Crippen LogP contribution in [0.2, 0.25) is 0 Å². The zero-order valence-corrected chi connectivity index (χ0v) is 18.9. The van der Waals surface area contributed by atoms with Crippen molar-refractivity contribution in [2.24, 2.45) is 0 Å². The van der Waals surface area contributed by atoms with Gasteiger partial charge >= 0.3 is 5.97 Å². The molecule has 34 heavy (non-hydrogen) atoms. The lowest BCUT2D eigenvalue weighted by atomic mass is 9.96. The van der Waals surface area contributed by atoms with Crippen molar-refractivity contribution in [1.82, 2.24) is 0 Å². The van der Waals surface area contributed by atoms with Crippen molar-refractivity contribution in [2.45, 2.75) is 38.6 Å². The van der Waals surface area contributed by atoms with E-state index in [1.165, 1.54) is 12.1 Å². The molecule has 0 radical (unpaired) electrons. The van der Waals surface area contributed by atoms with Gasteiger partial charge < -0.3 is 14.8 Å².